The van der Waals surface area contributed by atoms with Crippen LogP contribution in [0.3, 0.4) is 0 Å². The summed E-state index contributed by atoms with van der Waals surface area (Å²) in [6.45, 7) is -1.65. The van der Waals surface area contributed by atoms with E-state index in [1.165, 1.54) is 24.3 Å². The van der Waals surface area contributed by atoms with Gasteiger partial charge in [0.05, 0.1) is 16.5 Å². The first-order valence-corrected chi connectivity index (χ1v) is 9.30. The number of rotatable bonds is 3. The number of piperazine rings is 1. The van der Waals surface area contributed by atoms with Crippen LogP contribution in [0.1, 0.15) is 5.56 Å². The first-order chi connectivity index (χ1) is 13.3. The van der Waals surface area contributed by atoms with E-state index in [0.717, 1.165) is 4.31 Å². The van der Waals surface area contributed by atoms with E-state index in [4.69, 9.17) is 5.26 Å². The Hall–Kier alpha value is -2.53. The molecule has 1 saturated heterocycles. The topological polar surface area (TPSA) is 90.7 Å². The van der Waals surface area contributed by atoms with E-state index in [1.54, 1.807) is 0 Å². The molecule has 0 atom stereocenters. The molecular formula is C15H13F6N3O4S. The second-order valence-corrected chi connectivity index (χ2v) is 7.81. The van der Waals surface area contributed by atoms with Crippen LogP contribution in [0.15, 0.2) is 29.2 Å². The maximum atomic E-state index is 12.5. The maximum Gasteiger partial charge on any atom is 0.434 e. The lowest BCUT2D eigenvalue weighted by Crippen LogP contribution is -2.53. The molecule has 0 aliphatic carbocycles. The molecule has 1 aliphatic heterocycles. The summed E-state index contributed by atoms with van der Waals surface area (Å²) in [5, 5.41) is 8.72. The number of nitrogens with zero attached hydrogens (tertiary/aromatic N) is 3. The minimum atomic E-state index is -5.84. The van der Waals surface area contributed by atoms with Gasteiger partial charge in [-0.3, -0.25) is 0 Å². The van der Waals surface area contributed by atoms with Crippen molar-refractivity contribution < 1.29 is 44.3 Å². The van der Waals surface area contributed by atoms with E-state index >= 15 is 0 Å². The van der Waals surface area contributed by atoms with Gasteiger partial charge < -0.3 is 9.64 Å². The van der Waals surface area contributed by atoms with Crippen LogP contribution in [-0.2, 0) is 14.8 Å². The Labute approximate surface area is 161 Å². The number of benzene rings is 1. The Morgan fingerprint density at radius 2 is 1.48 bits per heavy atom. The van der Waals surface area contributed by atoms with Gasteiger partial charge in [0.2, 0.25) is 10.0 Å². The number of sulfonamides is 1. The lowest BCUT2D eigenvalue weighted by Gasteiger charge is -2.34. The molecule has 0 saturated carbocycles. The Morgan fingerprint density at radius 1 is 1.00 bits per heavy atom. The van der Waals surface area contributed by atoms with Crippen molar-refractivity contribution in [3.05, 3.63) is 29.8 Å². The SMILES string of the molecule is N#Cc1ccc(S(=O)(=O)N2CCN(C(=O)OC(C(F)(F)F)C(F)(F)F)CC2)cc1. The van der Waals surface area contributed by atoms with Crippen molar-refractivity contribution in [1.82, 2.24) is 9.21 Å². The molecule has 0 unspecified atom stereocenters. The van der Waals surface area contributed by atoms with Gasteiger partial charge in [-0.05, 0) is 24.3 Å². The van der Waals surface area contributed by atoms with Gasteiger partial charge in [-0.1, -0.05) is 0 Å². The molecule has 2 rings (SSSR count). The molecule has 14 heteroatoms. The van der Waals surface area contributed by atoms with Crippen molar-refractivity contribution in [1.29, 1.82) is 5.26 Å². The van der Waals surface area contributed by atoms with Crippen molar-refractivity contribution in [3.63, 3.8) is 0 Å². The molecule has 0 N–H and O–H groups in total. The second kappa shape index (κ2) is 8.07. The molecule has 1 heterocycles. The van der Waals surface area contributed by atoms with Gasteiger partial charge in [0, 0.05) is 26.2 Å². The fourth-order valence-corrected chi connectivity index (χ4v) is 3.88. The zero-order chi connectivity index (χ0) is 22.0. The summed E-state index contributed by atoms with van der Waals surface area (Å²) >= 11 is 0. The van der Waals surface area contributed by atoms with Crippen LogP contribution < -0.4 is 0 Å². The Kier molecular flexibility index (Phi) is 6.33. The standard InChI is InChI=1S/C15H13F6N3O4S/c16-14(17,18)12(15(19,20)21)28-13(25)23-5-7-24(8-6-23)29(26,27)11-3-1-10(9-22)2-4-11/h1-4,12H,5-8H2. The number of nitriles is 1. The predicted octanol–water partition coefficient (Wildman–Crippen LogP) is 2.49. The largest absolute Gasteiger partial charge is 0.434 e. The first kappa shape index (κ1) is 22.8. The molecule has 7 nitrogen and oxygen atoms in total. The molecule has 1 amide bonds. The van der Waals surface area contributed by atoms with E-state index in [-0.39, 0.29) is 23.5 Å². The monoisotopic (exact) mass is 445 g/mol. The van der Waals surface area contributed by atoms with Gasteiger partial charge in [-0.15, -0.1) is 0 Å². The van der Waals surface area contributed by atoms with Gasteiger partial charge in [0.1, 0.15) is 0 Å². The van der Waals surface area contributed by atoms with Crippen molar-refractivity contribution >= 4 is 16.1 Å². The van der Waals surface area contributed by atoms with Gasteiger partial charge in [0.15, 0.2) is 0 Å². The van der Waals surface area contributed by atoms with Crippen molar-refractivity contribution in [3.8, 4) is 6.07 Å². The smallest absolute Gasteiger partial charge is 0.426 e. The number of halogens is 6. The summed E-state index contributed by atoms with van der Waals surface area (Å²) < 4.78 is 104. The molecule has 1 aliphatic rings. The third-order valence-corrected chi connectivity index (χ3v) is 5.84. The molecule has 1 aromatic carbocycles. The fraction of sp³-hybridized carbons (Fsp3) is 0.467. The van der Waals surface area contributed by atoms with Gasteiger partial charge in [-0.2, -0.15) is 35.9 Å². The molecule has 0 radical (unpaired) electrons. The van der Waals surface area contributed by atoms with Gasteiger partial charge in [-0.25, -0.2) is 13.2 Å². The van der Waals surface area contributed by atoms with Gasteiger partial charge in [0.25, 0.3) is 6.10 Å². The van der Waals surface area contributed by atoms with Crippen LogP contribution in [0.4, 0.5) is 31.1 Å². The van der Waals surface area contributed by atoms with E-state index in [9.17, 15) is 39.6 Å². The maximum absolute atomic E-state index is 12.5. The summed E-state index contributed by atoms with van der Waals surface area (Å²) in [5.41, 5.74) is 0.223. The molecule has 0 bridgehead atoms. The molecular weight excluding hydrogens is 432 g/mol. The quantitative estimate of drug-likeness (QED) is 0.667. The van der Waals surface area contributed by atoms with Gasteiger partial charge >= 0.3 is 18.4 Å². The van der Waals surface area contributed by atoms with Crippen LogP contribution in [0.5, 0.6) is 0 Å². The molecule has 0 spiro atoms. The lowest BCUT2D eigenvalue weighted by atomic mass is 10.2. The van der Waals surface area contributed by atoms with Crippen LogP contribution in [0.25, 0.3) is 0 Å². The zero-order valence-electron chi connectivity index (χ0n) is 14.4. The van der Waals surface area contributed by atoms with Crippen LogP contribution >= 0.6 is 0 Å². The predicted molar refractivity (Wildman–Crippen MR) is 83.9 cm³/mol. The number of ether oxygens (including phenoxy) is 1. The normalized spacial score (nSPS) is 16.6. The average Bonchev–Trinajstić information content (AvgIpc) is 2.64. The number of alkyl halides is 6. The number of carbonyl (C=O) groups is 1. The van der Waals surface area contributed by atoms with Crippen molar-refractivity contribution in [2.45, 2.75) is 23.4 Å². The molecule has 0 aromatic heterocycles. The summed E-state index contributed by atoms with van der Waals surface area (Å²) in [5.74, 6) is 0. The van der Waals surface area contributed by atoms with Crippen LogP contribution in [0.2, 0.25) is 0 Å². The Morgan fingerprint density at radius 3 is 1.90 bits per heavy atom. The van der Waals surface area contributed by atoms with Crippen molar-refractivity contribution in [2.75, 3.05) is 26.2 Å². The summed E-state index contributed by atoms with van der Waals surface area (Å²) in [7, 11) is -4.02. The highest BCUT2D eigenvalue weighted by Gasteiger charge is 2.60. The summed E-state index contributed by atoms with van der Waals surface area (Å²) in [6.07, 6.45) is -17.8. The summed E-state index contributed by atoms with van der Waals surface area (Å²) in [4.78, 5) is 12.1. The molecule has 29 heavy (non-hydrogen) atoms. The minimum absolute atomic E-state index is 0.151. The van der Waals surface area contributed by atoms with E-state index in [0.29, 0.717) is 4.90 Å². The van der Waals surface area contributed by atoms with Crippen LogP contribution in [0, 0.1) is 11.3 Å². The minimum Gasteiger partial charge on any atom is -0.426 e. The first-order valence-electron chi connectivity index (χ1n) is 7.86. The number of carbonyl (C=O) groups excluding carboxylic acids is 1. The lowest BCUT2D eigenvalue weighted by molar-refractivity contribution is -0.308. The highest BCUT2D eigenvalue weighted by molar-refractivity contribution is 7.89. The zero-order valence-corrected chi connectivity index (χ0v) is 15.2. The van der Waals surface area contributed by atoms with E-state index in [1.807, 2.05) is 6.07 Å². The Bertz CT molecular complexity index is 871. The third-order valence-electron chi connectivity index (χ3n) is 3.93. The second-order valence-electron chi connectivity index (χ2n) is 5.87. The third kappa shape index (κ3) is 5.30. The summed E-state index contributed by atoms with van der Waals surface area (Å²) in [6, 6.07) is 6.73. The Balaban J connectivity index is 2.04. The van der Waals surface area contributed by atoms with Crippen molar-refractivity contribution in [2.24, 2.45) is 0 Å². The highest BCUT2D eigenvalue weighted by atomic mass is 32.2. The number of amides is 1. The number of hydrogen-bond donors (Lipinski definition) is 0. The van der Waals surface area contributed by atoms with E-state index < -0.39 is 47.7 Å². The average molecular weight is 445 g/mol. The molecule has 160 valence electrons. The van der Waals surface area contributed by atoms with Crippen LogP contribution in [-0.4, -0.2) is 68.4 Å². The van der Waals surface area contributed by atoms with E-state index in [2.05, 4.69) is 4.74 Å². The highest BCUT2D eigenvalue weighted by Crippen LogP contribution is 2.36. The number of hydrogen-bond acceptors (Lipinski definition) is 5. The molecule has 1 aromatic rings. The fourth-order valence-electron chi connectivity index (χ4n) is 2.46. The molecule has 1 fully saturated rings.